The van der Waals surface area contributed by atoms with Gasteiger partial charge in [0.25, 0.3) is 0 Å². The van der Waals surface area contributed by atoms with Crippen LogP contribution in [-0.2, 0) is 55.8 Å². The van der Waals surface area contributed by atoms with Crippen LogP contribution in [0, 0.1) is 0 Å². The number of aliphatic hydroxyl groups excluding tert-OH is 2. The molecule has 0 bridgehead atoms. The Balaban J connectivity index is 4.36. The van der Waals surface area contributed by atoms with Crippen LogP contribution in [0.15, 0.2) is 109 Å². The highest BCUT2D eigenvalue weighted by molar-refractivity contribution is 7.47. The molecular formula is C95H170O16P2. The number of hydrogen-bond donors (Lipinski definition) is 4. The van der Waals surface area contributed by atoms with Crippen molar-refractivity contribution in [2.75, 3.05) is 39.6 Å². The van der Waals surface area contributed by atoms with Crippen molar-refractivity contribution < 1.29 is 75.8 Å². The predicted octanol–water partition coefficient (Wildman–Crippen LogP) is 28.2. The Bertz CT molecular complexity index is 2490. The van der Waals surface area contributed by atoms with Crippen LogP contribution in [0.4, 0.5) is 0 Å². The number of esters is 3. The number of unbranched alkanes of at least 4 members (excludes halogenated alkanes) is 47. The summed E-state index contributed by atoms with van der Waals surface area (Å²) in [5.74, 6) is -1.55. The van der Waals surface area contributed by atoms with Crippen LogP contribution in [-0.4, -0.2) is 95.9 Å². The van der Waals surface area contributed by atoms with E-state index in [1.807, 2.05) is 0 Å². The molecule has 0 aliphatic carbocycles. The molecule has 0 fully saturated rings. The molecule has 0 aromatic carbocycles. The summed E-state index contributed by atoms with van der Waals surface area (Å²) in [6.07, 6.45) is 106. The molecule has 0 saturated carbocycles. The minimum atomic E-state index is -4.93. The van der Waals surface area contributed by atoms with E-state index in [9.17, 15) is 43.5 Å². The molecule has 0 saturated heterocycles. The van der Waals surface area contributed by atoms with Crippen LogP contribution < -0.4 is 0 Å². The third-order valence-electron chi connectivity index (χ3n) is 20.0. The normalized spacial score (nSPS) is 14.3. The van der Waals surface area contributed by atoms with Crippen LogP contribution >= 0.6 is 15.6 Å². The average molecular weight is 1630 g/mol. The molecule has 0 heterocycles. The highest BCUT2D eigenvalue weighted by Crippen LogP contribution is 2.45. The summed E-state index contributed by atoms with van der Waals surface area (Å²) < 4.78 is 61.4. The van der Waals surface area contributed by atoms with Gasteiger partial charge in [-0.15, -0.1) is 0 Å². The monoisotopic (exact) mass is 1630 g/mol. The third-order valence-corrected chi connectivity index (χ3v) is 21.9. The zero-order valence-electron chi connectivity index (χ0n) is 72.3. The maximum absolute atomic E-state index is 13.0. The quantitative estimate of drug-likeness (QED) is 0.0146. The number of phosphoric acid groups is 2. The molecular weight excluding hydrogens is 1460 g/mol. The Kier molecular flexibility index (Phi) is 84.6. The second kappa shape index (κ2) is 87.5. The zero-order chi connectivity index (χ0) is 82.2. The van der Waals surface area contributed by atoms with Gasteiger partial charge in [0.05, 0.1) is 26.4 Å². The van der Waals surface area contributed by atoms with E-state index in [-0.39, 0.29) is 19.3 Å². The van der Waals surface area contributed by atoms with E-state index >= 15 is 0 Å². The fourth-order valence-corrected chi connectivity index (χ4v) is 14.6. The lowest BCUT2D eigenvalue weighted by molar-refractivity contribution is -0.161. The van der Waals surface area contributed by atoms with Crippen molar-refractivity contribution in [3.05, 3.63) is 109 Å². The number of hydrogen-bond acceptors (Lipinski definition) is 14. The first-order valence-electron chi connectivity index (χ1n) is 46.2. The van der Waals surface area contributed by atoms with Gasteiger partial charge in [-0.25, -0.2) is 9.13 Å². The van der Waals surface area contributed by atoms with Gasteiger partial charge in [0.1, 0.15) is 25.4 Å². The molecule has 113 heavy (non-hydrogen) atoms. The molecule has 0 radical (unpaired) electrons. The number of carbonyl (C=O) groups is 3. The van der Waals surface area contributed by atoms with E-state index in [2.05, 4.69) is 130 Å². The van der Waals surface area contributed by atoms with E-state index in [1.54, 1.807) is 0 Å². The lowest BCUT2D eigenvalue weighted by Gasteiger charge is -2.21. The summed E-state index contributed by atoms with van der Waals surface area (Å²) in [7, 11) is -9.79. The number of rotatable bonds is 88. The molecule has 5 unspecified atom stereocenters. The largest absolute Gasteiger partial charge is 0.472 e. The van der Waals surface area contributed by atoms with Crippen molar-refractivity contribution in [3.63, 3.8) is 0 Å². The first-order valence-corrected chi connectivity index (χ1v) is 49.2. The molecule has 18 heteroatoms. The van der Waals surface area contributed by atoms with Gasteiger partial charge in [-0.1, -0.05) is 400 Å². The summed E-state index contributed by atoms with van der Waals surface area (Å²) in [6, 6.07) is 0. The number of ether oxygens (including phenoxy) is 3. The van der Waals surface area contributed by atoms with E-state index in [4.69, 9.17) is 32.3 Å². The zero-order valence-corrected chi connectivity index (χ0v) is 74.1. The average Bonchev–Trinajstić information content (AvgIpc) is 0.903. The second-order valence-corrected chi connectivity index (χ2v) is 34.0. The van der Waals surface area contributed by atoms with Crippen LogP contribution in [0.1, 0.15) is 419 Å². The van der Waals surface area contributed by atoms with Gasteiger partial charge in [0.2, 0.25) is 0 Å². The molecule has 5 atom stereocenters. The van der Waals surface area contributed by atoms with Crippen LogP contribution in [0.5, 0.6) is 0 Å². The van der Waals surface area contributed by atoms with Crippen molar-refractivity contribution in [3.8, 4) is 0 Å². The highest BCUT2D eigenvalue weighted by atomic mass is 31.2. The summed E-state index contributed by atoms with van der Waals surface area (Å²) in [5, 5.41) is 20.7. The van der Waals surface area contributed by atoms with Crippen LogP contribution in [0.2, 0.25) is 0 Å². The van der Waals surface area contributed by atoms with Crippen molar-refractivity contribution in [2.24, 2.45) is 0 Å². The van der Waals surface area contributed by atoms with E-state index in [0.717, 1.165) is 122 Å². The van der Waals surface area contributed by atoms with Crippen LogP contribution in [0.25, 0.3) is 0 Å². The van der Waals surface area contributed by atoms with Crippen LogP contribution in [0.3, 0.4) is 0 Å². The minimum absolute atomic E-state index is 0.109. The maximum Gasteiger partial charge on any atom is 0.472 e. The number of carbonyl (C=O) groups excluding carboxylic acids is 3. The van der Waals surface area contributed by atoms with Gasteiger partial charge in [-0.3, -0.25) is 32.5 Å². The highest BCUT2D eigenvalue weighted by Gasteiger charge is 2.29. The van der Waals surface area contributed by atoms with Gasteiger partial charge >= 0.3 is 33.6 Å². The fraction of sp³-hybridized carbons (Fsp3) is 0.779. The fourth-order valence-electron chi connectivity index (χ4n) is 13.0. The SMILES string of the molecule is CC/C=C\C/C=C\C/C=C\C/C=C\C/C=C\CCCCCCCCCCCCCCCCCCCCCC(=O)OCC(O)COP(=O)(O)OCC(O)COP(=O)(O)OCC(COC(=O)CCCCCCCCCCCCCCC/C=C\C/C=C\C/C=C\C/C=C\CCCCC)OC(=O)CCCCCCCCCCCCCCC. The molecule has 0 spiro atoms. The molecule has 0 aliphatic rings. The summed E-state index contributed by atoms with van der Waals surface area (Å²) >= 11 is 0. The second-order valence-electron chi connectivity index (χ2n) is 31.1. The summed E-state index contributed by atoms with van der Waals surface area (Å²) in [4.78, 5) is 58.8. The third kappa shape index (κ3) is 88.9. The molecule has 0 aromatic heterocycles. The van der Waals surface area contributed by atoms with E-state index in [0.29, 0.717) is 19.3 Å². The molecule has 4 N–H and O–H groups in total. The topological polar surface area (TPSA) is 231 Å². The summed E-state index contributed by atoms with van der Waals surface area (Å²) in [6.45, 7) is 2.62. The molecule has 0 amide bonds. The minimum Gasteiger partial charge on any atom is -0.463 e. The molecule has 0 aliphatic heterocycles. The lowest BCUT2D eigenvalue weighted by atomic mass is 10.0. The van der Waals surface area contributed by atoms with E-state index < -0.39 is 91.5 Å². The first-order chi connectivity index (χ1) is 55.2. The smallest absolute Gasteiger partial charge is 0.463 e. The Hall–Kier alpha value is -3.79. The van der Waals surface area contributed by atoms with Crippen molar-refractivity contribution in [1.82, 2.24) is 0 Å². The lowest BCUT2D eigenvalue weighted by Crippen LogP contribution is -2.30. The van der Waals surface area contributed by atoms with Crippen molar-refractivity contribution in [2.45, 2.75) is 437 Å². The van der Waals surface area contributed by atoms with Crippen molar-refractivity contribution >= 4 is 33.6 Å². The van der Waals surface area contributed by atoms with Gasteiger partial charge in [-0.05, 0) is 109 Å². The van der Waals surface area contributed by atoms with E-state index in [1.165, 1.54) is 238 Å². The Morgan fingerprint density at radius 1 is 0.257 bits per heavy atom. The van der Waals surface area contributed by atoms with Gasteiger partial charge in [0, 0.05) is 19.3 Å². The maximum atomic E-state index is 13.0. The molecule has 0 aromatic rings. The Morgan fingerprint density at radius 3 is 0.761 bits per heavy atom. The van der Waals surface area contributed by atoms with Gasteiger partial charge in [-0.2, -0.15) is 0 Å². The van der Waals surface area contributed by atoms with Crippen molar-refractivity contribution in [1.29, 1.82) is 0 Å². The summed E-state index contributed by atoms with van der Waals surface area (Å²) in [5.41, 5.74) is 0. The predicted molar refractivity (Wildman–Crippen MR) is 473 cm³/mol. The number of aliphatic hydroxyl groups is 2. The van der Waals surface area contributed by atoms with Gasteiger partial charge < -0.3 is 34.2 Å². The molecule has 0 rings (SSSR count). The standard InChI is InChI=1S/C95H170O16P2/c1-4-7-10-13-16-19-22-25-27-29-31-33-35-37-39-41-42-43-44-45-46-48-50-51-53-55-57-59-61-64-66-69-72-75-78-81-93(98)105-84-90(96)85-107-112(101,102)108-86-91(97)87-109-113(103,104)110-89-92(111-95(100)83-80-77-74-71-68-63-24-21-18-15-12-9-6-3)88-106-94(99)82-79-76-73-70-67-65-62-60-58-56-54-52-49-47-40-38-36-34-32-30-28-26-23-20-17-14-11-8-5-2/h7,10,16-17,19-20,25-28,31-34,37-40,90-92,96-97H,4-6,8-9,11-15,18,21-24,29-30,35-36,41-89H2,1-3H3,(H,101,102)(H,103,104)/b10-7-,19-16-,20-17-,27-25-,28-26-,33-31-,34-32-,39-37-,40-38-. The van der Waals surface area contributed by atoms with Gasteiger partial charge in [0.15, 0.2) is 6.10 Å². The number of phosphoric ester groups is 2. The Labute approximate surface area is 691 Å². The Morgan fingerprint density at radius 2 is 0.469 bits per heavy atom. The molecule has 16 nitrogen and oxygen atoms in total. The molecule has 656 valence electrons. The number of allylic oxidation sites excluding steroid dienone is 18. The first kappa shape index (κ1) is 109.